The van der Waals surface area contributed by atoms with E-state index in [4.69, 9.17) is 11.6 Å². The number of thiophene rings is 1. The summed E-state index contributed by atoms with van der Waals surface area (Å²) < 4.78 is 0. The minimum absolute atomic E-state index is 0.226. The number of halogens is 1. The van der Waals surface area contributed by atoms with E-state index < -0.39 is 0 Å². The van der Waals surface area contributed by atoms with Crippen LogP contribution in [0.4, 0.5) is 0 Å². The summed E-state index contributed by atoms with van der Waals surface area (Å²) in [6.45, 7) is 6.33. The van der Waals surface area contributed by atoms with Gasteiger partial charge in [-0.1, -0.05) is 6.92 Å². The number of hydrogen-bond donors (Lipinski definition) is 0. The average Bonchev–Trinajstić information content (AvgIpc) is 2.34. The van der Waals surface area contributed by atoms with Crippen molar-refractivity contribution in [1.82, 2.24) is 0 Å². The van der Waals surface area contributed by atoms with Crippen LogP contribution in [0, 0.1) is 6.92 Å². The fourth-order valence-corrected chi connectivity index (χ4v) is 1.92. The summed E-state index contributed by atoms with van der Waals surface area (Å²) in [7, 11) is 0. The molecule has 0 saturated heterocycles. The highest BCUT2D eigenvalue weighted by Gasteiger charge is 2.12. The third-order valence-electron chi connectivity index (χ3n) is 1.97. The van der Waals surface area contributed by atoms with Crippen LogP contribution in [0.15, 0.2) is 11.4 Å². The molecule has 2 unspecified atom stereocenters. The summed E-state index contributed by atoms with van der Waals surface area (Å²) in [5, 5.41) is 2.42. The molecule has 2 heteroatoms. The second kappa shape index (κ2) is 3.59. The molecular weight excluding hydrogens is 176 g/mol. The van der Waals surface area contributed by atoms with Gasteiger partial charge in [-0.15, -0.1) is 22.9 Å². The molecule has 11 heavy (non-hydrogen) atoms. The van der Waals surface area contributed by atoms with Crippen molar-refractivity contribution in [1.29, 1.82) is 0 Å². The Morgan fingerprint density at radius 1 is 1.45 bits per heavy atom. The number of alkyl halides is 1. The van der Waals surface area contributed by atoms with Gasteiger partial charge in [0, 0.05) is 10.3 Å². The summed E-state index contributed by atoms with van der Waals surface area (Å²) in [6, 6.07) is 2.22. The third kappa shape index (κ3) is 2.21. The van der Waals surface area contributed by atoms with Gasteiger partial charge in [0.15, 0.2) is 0 Å². The van der Waals surface area contributed by atoms with Crippen molar-refractivity contribution in [2.24, 2.45) is 0 Å². The van der Waals surface area contributed by atoms with E-state index in [1.165, 1.54) is 10.4 Å². The molecule has 0 nitrogen and oxygen atoms in total. The van der Waals surface area contributed by atoms with E-state index >= 15 is 0 Å². The Kier molecular flexibility index (Phi) is 2.97. The highest BCUT2D eigenvalue weighted by molar-refractivity contribution is 7.10. The molecule has 0 radical (unpaired) electrons. The molecule has 1 heterocycles. The van der Waals surface area contributed by atoms with E-state index in [-0.39, 0.29) is 5.38 Å². The standard InChI is InChI=1S/C9H13ClS/c1-6-4-9(5-11-6)7(2)8(3)10/h4-5,7-8H,1-3H3. The molecule has 0 spiro atoms. The van der Waals surface area contributed by atoms with E-state index in [1.54, 1.807) is 11.3 Å². The van der Waals surface area contributed by atoms with Crippen LogP contribution in [0.1, 0.15) is 30.2 Å². The number of aryl methyl sites for hydroxylation is 1. The molecule has 1 aromatic rings. The Bertz CT molecular complexity index is 227. The van der Waals surface area contributed by atoms with Crippen molar-refractivity contribution in [3.63, 3.8) is 0 Å². The maximum Gasteiger partial charge on any atom is 0.0374 e. The Morgan fingerprint density at radius 2 is 2.09 bits per heavy atom. The molecule has 0 fully saturated rings. The summed E-state index contributed by atoms with van der Waals surface area (Å²) in [5.41, 5.74) is 1.37. The first-order valence-electron chi connectivity index (χ1n) is 3.80. The van der Waals surface area contributed by atoms with E-state index in [2.05, 4.69) is 25.3 Å². The second-order valence-corrected chi connectivity index (χ2v) is 4.76. The maximum absolute atomic E-state index is 5.98. The molecule has 0 bridgehead atoms. The van der Waals surface area contributed by atoms with Crippen LogP contribution >= 0.6 is 22.9 Å². The summed E-state index contributed by atoms with van der Waals surface area (Å²) in [5.74, 6) is 0.474. The van der Waals surface area contributed by atoms with Gasteiger partial charge in [0.2, 0.25) is 0 Å². The first-order valence-corrected chi connectivity index (χ1v) is 5.12. The molecule has 0 aliphatic heterocycles. The predicted molar refractivity (Wildman–Crippen MR) is 52.8 cm³/mol. The molecule has 0 aliphatic carbocycles. The molecule has 1 rings (SSSR count). The largest absolute Gasteiger partial charge is 0.149 e. The second-order valence-electron chi connectivity index (χ2n) is 2.96. The maximum atomic E-state index is 5.98. The first kappa shape index (κ1) is 9.08. The molecule has 2 atom stereocenters. The average molecular weight is 189 g/mol. The SMILES string of the molecule is Cc1cc(C(C)C(C)Cl)cs1. The Labute approximate surface area is 77.2 Å². The van der Waals surface area contributed by atoms with Gasteiger partial charge in [-0.25, -0.2) is 0 Å². The lowest BCUT2D eigenvalue weighted by atomic mass is 10.0. The van der Waals surface area contributed by atoms with Gasteiger partial charge >= 0.3 is 0 Å². The predicted octanol–water partition coefficient (Wildman–Crippen LogP) is 3.79. The Hall–Kier alpha value is -0.0100. The highest BCUT2D eigenvalue weighted by atomic mass is 35.5. The van der Waals surface area contributed by atoms with Crippen molar-refractivity contribution in [3.8, 4) is 0 Å². The van der Waals surface area contributed by atoms with Crippen LogP contribution in [-0.2, 0) is 0 Å². The third-order valence-corrected chi connectivity index (χ3v) is 3.22. The van der Waals surface area contributed by atoms with Crippen molar-refractivity contribution >= 4 is 22.9 Å². The topological polar surface area (TPSA) is 0 Å². The van der Waals surface area contributed by atoms with Crippen LogP contribution in [0.5, 0.6) is 0 Å². The zero-order chi connectivity index (χ0) is 8.43. The Balaban J connectivity index is 2.76. The highest BCUT2D eigenvalue weighted by Crippen LogP contribution is 2.26. The Morgan fingerprint density at radius 3 is 2.45 bits per heavy atom. The summed E-state index contributed by atoms with van der Waals surface area (Å²) in [4.78, 5) is 1.36. The fraction of sp³-hybridized carbons (Fsp3) is 0.556. The minimum atomic E-state index is 0.226. The number of rotatable bonds is 2. The quantitative estimate of drug-likeness (QED) is 0.620. The van der Waals surface area contributed by atoms with E-state index in [0.717, 1.165) is 0 Å². The van der Waals surface area contributed by atoms with Crippen LogP contribution in [-0.4, -0.2) is 5.38 Å². The zero-order valence-electron chi connectivity index (χ0n) is 7.10. The molecular formula is C9H13ClS. The van der Waals surface area contributed by atoms with Gasteiger partial charge in [0.05, 0.1) is 0 Å². The molecule has 62 valence electrons. The van der Waals surface area contributed by atoms with Crippen LogP contribution in [0.3, 0.4) is 0 Å². The number of hydrogen-bond acceptors (Lipinski definition) is 1. The van der Waals surface area contributed by atoms with Gasteiger partial charge in [-0.2, -0.15) is 0 Å². The van der Waals surface area contributed by atoms with Crippen molar-refractivity contribution in [2.45, 2.75) is 32.1 Å². The van der Waals surface area contributed by atoms with Crippen molar-refractivity contribution in [3.05, 3.63) is 21.9 Å². The fourth-order valence-electron chi connectivity index (χ4n) is 0.968. The van der Waals surface area contributed by atoms with E-state index in [0.29, 0.717) is 5.92 Å². The van der Waals surface area contributed by atoms with Gasteiger partial charge in [-0.05, 0) is 36.8 Å². The van der Waals surface area contributed by atoms with Crippen LogP contribution < -0.4 is 0 Å². The zero-order valence-corrected chi connectivity index (χ0v) is 8.67. The first-order chi connectivity index (χ1) is 5.11. The minimum Gasteiger partial charge on any atom is -0.149 e. The van der Waals surface area contributed by atoms with Crippen molar-refractivity contribution < 1.29 is 0 Å². The monoisotopic (exact) mass is 188 g/mol. The van der Waals surface area contributed by atoms with Crippen LogP contribution in [0.25, 0.3) is 0 Å². The summed E-state index contributed by atoms with van der Waals surface area (Å²) in [6.07, 6.45) is 0. The van der Waals surface area contributed by atoms with Gasteiger partial charge in [0.1, 0.15) is 0 Å². The lowest BCUT2D eigenvalue weighted by Crippen LogP contribution is -2.03. The lowest BCUT2D eigenvalue weighted by molar-refractivity contribution is 0.745. The van der Waals surface area contributed by atoms with Gasteiger partial charge < -0.3 is 0 Å². The molecule has 1 aromatic heterocycles. The van der Waals surface area contributed by atoms with Gasteiger partial charge in [-0.3, -0.25) is 0 Å². The molecule has 0 saturated carbocycles. The molecule has 0 aromatic carbocycles. The van der Waals surface area contributed by atoms with Gasteiger partial charge in [0.25, 0.3) is 0 Å². The van der Waals surface area contributed by atoms with Crippen LogP contribution in [0.2, 0.25) is 0 Å². The van der Waals surface area contributed by atoms with E-state index in [1.807, 2.05) is 6.92 Å². The smallest absolute Gasteiger partial charge is 0.0374 e. The summed E-state index contributed by atoms with van der Waals surface area (Å²) >= 11 is 7.77. The molecule has 0 N–H and O–H groups in total. The molecule has 0 amide bonds. The van der Waals surface area contributed by atoms with E-state index in [9.17, 15) is 0 Å². The molecule has 0 aliphatic rings. The normalized spacial score (nSPS) is 16.4. The van der Waals surface area contributed by atoms with Crippen molar-refractivity contribution in [2.75, 3.05) is 0 Å². The lowest BCUT2D eigenvalue weighted by Gasteiger charge is -2.10.